The molecule has 0 radical (unpaired) electrons. The van der Waals surface area contributed by atoms with Crippen LogP contribution in [0.3, 0.4) is 0 Å². The fraction of sp³-hybridized carbons (Fsp3) is 0.818. The highest BCUT2D eigenvalue weighted by Crippen LogP contribution is 2.08. The van der Waals surface area contributed by atoms with Crippen LogP contribution in [0.2, 0.25) is 0 Å². The Kier molecular flexibility index (Phi) is 7.76. The monoisotopic (exact) mass is 249 g/mol. The molecule has 0 atom stereocenters. The predicted octanol–water partition coefficient (Wildman–Crippen LogP) is 0.481. The lowest BCUT2D eigenvalue weighted by atomic mass is 10.1. The Morgan fingerprint density at radius 3 is 1.29 bits per heavy atom. The highest BCUT2D eigenvalue weighted by atomic mass is 16.6. The molecule has 2 N–H and O–H groups in total. The van der Waals surface area contributed by atoms with Gasteiger partial charge in [0.05, 0.1) is 7.11 Å². The highest BCUT2D eigenvalue weighted by molar-refractivity contribution is 5.82. The largest absolute Gasteiger partial charge is 0.467 e. The smallest absolute Gasteiger partial charge is 0.337 e. The third kappa shape index (κ3) is 6.91. The molecule has 0 saturated carbocycles. The SMILES string of the molecule is COC(=O)C(C)(C)OC.COC(C)(C)C(N)=O. The van der Waals surface area contributed by atoms with Crippen LogP contribution in [0.15, 0.2) is 0 Å². The average Bonchev–Trinajstić information content (AvgIpc) is 2.28. The summed E-state index contributed by atoms with van der Waals surface area (Å²) in [7, 11) is 4.25. The number of ether oxygens (including phenoxy) is 3. The van der Waals surface area contributed by atoms with Crippen molar-refractivity contribution < 1.29 is 23.8 Å². The summed E-state index contributed by atoms with van der Waals surface area (Å²) in [4.78, 5) is 21.1. The topological polar surface area (TPSA) is 87.8 Å². The fourth-order valence-electron chi connectivity index (χ4n) is 0.430. The number of carbonyl (C=O) groups excluding carboxylic acids is 2. The third-order valence-electron chi connectivity index (χ3n) is 2.29. The zero-order valence-electron chi connectivity index (χ0n) is 11.6. The molecule has 6 nitrogen and oxygen atoms in total. The lowest BCUT2D eigenvalue weighted by Crippen LogP contribution is -2.39. The molecule has 6 heteroatoms. The van der Waals surface area contributed by atoms with Crippen molar-refractivity contribution in [3.63, 3.8) is 0 Å². The first kappa shape index (κ1) is 18.2. The van der Waals surface area contributed by atoms with Crippen molar-refractivity contribution in [2.24, 2.45) is 5.73 Å². The van der Waals surface area contributed by atoms with Crippen LogP contribution in [-0.4, -0.2) is 44.4 Å². The van der Waals surface area contributed by atoms with Gasteiger partial charge in [0, 0.05) is 14.2 Å². The van der Waals surface area contributed by atoms with E-state index in [0.29, 0.717) is 0 Å². The molecule has 0 aliphatic carbocycles. The van der Waals surface area contributed by atoms with E-state index >= 15 is 0 Å². The maximum Gasteiger partial charge on any atom is 0.337 e. The van der Waals surface area contributed by atoms with Gasteiger partial charge in [-0.2, -0.15) is 0 Å². The van der Waals surface area contributed by atoms with Crippen LogP contribution in [-0.2, 0) is 23.8 Å². The number of carbonyl (C=O) groups is 2. The molecule has 102 valence electrons. The molecule has 0 saturated heterocycles. The molecule has 0 aliphatic heterocycles. The summed E-state index contributed by atoms with van der Waals surface area (Å²) >= 11 is 0. The van der Waals surface area contributed by atoms with Gasteiger partial charge in [0.15, 0.2) is 5.60 Å². The Hall–Kier alpha value is -1.14. The molecule has 0 rings (SSSR count). The molecular weight excluding hydrogens is 226 g/mol. The van der Waals surface area contributed by atoms with Crippen molar-refractivity contribution in [3.8, 4) is 0 Å². The summed E-state index contributed by atoms with van der Waals surface area (Å²) in [6.45, 7) is 6.54. The Morgan fingerprint density at radius 2 is 1.24 bits per heavy atom. The van der Waals surface area contributed by atoms with Gasteiger partial charge in [-0.1, -0.05) is 0 Å². The van der Waals surface area contributed by atoms with Gasteiger partial charge in [-0.05, 0) is 27.7 Å². The van der Waals surface area contributed by atoms with Crippen molar-refractivity contribution >= 4 is 11.9 Å². The van der Waals surface area contributed by atoms with E-state index in [-0.39, 0.29) is 5.97 Å². The minimum atomic E-state index is -0.819. The number of nitrogens with two attached hydrogens (primary N) is 1. The molecule has 0 aromatic heterocycles. The minimum absolute atomic E-state index is 0.356. The normalized spacial score (nSPS) is 11.2. The van der Waals surface area contributed by atoms with Crippen molar-refractivity contribution in [1.29, 1.82) is 0 Å². The van der Waals surface area contributed by atoms with Crippen molar-refractivity contribution in [2.75, 3.05) is 21.3 Å². The first-order chi connectivity index (χ1) is 7.55. The molecule has 0 heterocycles. The maximum atomic E-state index is 10.7. The highest BCUT2D eigenvalue weighted by Gasteiger charge is 2.27. The van der Waals surface area contributed by atoms with E-state index in [1.54, 1.807) is 27.7 Å². The van der Waals surface area contributed by atoms with Gasteiger partial charge in [0.25, 0.3) is 0 Å². The number of hydrogen-bond donors (Lipinski definition) is 1. The summed E-state index contributed by atoms with van der Waals surface area (Å²) in [6, 6.07) is 0. The third-order valence-corrected chi connectivity index (χ3v) is 2.29. The van der Waals surface area contributed by atoms with Gasteiger partial charge in [0.1, 0.15) is 5.60 Å². The number of amides is 1. The van der Waals surface area contributed by atoms with E-state index < -0.39 is 17.1 Å². The van der Waals surface area contributed by atoms with E-state index in [1.807, 2.05) is 0 Å². The summed E-state index contributed by atoms with van der Waals surface area (Å²) in [5.74, 6) is -0.801. The fourth-order valence-corrected chi connectivity index (χ4v) is 0.430. The van der Waals surface area contributed by atoms with E-state index in [9.17, 15) is 9.59 Å². The standard InChI is InChI=1S/C6H12O3.C5H11NO2/c1-6(2,9-4)5(7)8-3;1-5(2,8-3)4(6)7/h1-4H3;1-3H3,(H2,6,7). The second-order valence-electron chi connectivity index (χ2n) is 4.28. The summed E-state index contributed by atoms with van der Waals surface area (Å²) in [6.07, 6.45) is 0. The van der Waals surface area contributed by atoms with Gasteiger partial charge >= 0.3 is 5.97 Å². The van der Waals surface area contributed by atoms with Gasteiger partial charge in [-0.3, -0.25) is 4.79 Å². The molecule has 0 spiro atoms. The molecule has 0 bridgehead atoms. The quantitative estimate of drug-likeness (QED) is 0.732. The first-order valence-corrected chi connectivity index (χ1v) is 5.03. The maximum absolute atomic E-state index is 10.7. The van der Waals surface area contributed by atoms with Crippen molar-refractivity contribution in [1.82, 2.24) is 0 Å². The minimum Gasteiger partial charge on any atom is -0.467 e. The van der Waals surface area contributed by atoms with Gasteiger partial charge in [-0.15, -0.1) is 0 Å². The van der Waals surface area contributed by atoms with Crippen LogP contribution in [0, 0.1) is 0 Å². The number of hydrogen-bond acceptors (Lipinski definition) is 5. The van der Waals surface area contributed by atoms with Crippen LogP contribution < -0.4 is 5.73 Å². The van der Waals surface area contributed by atoms with E-state index in [1.165, 1.54) is 21.3 Å². The van der Waals surface area contributed by atoms with E-state index in [0.717, 1.165) is 0 Å². The Bertz CT molecular complexity index is 261. The van der Waals surface area contributed by atoms with Crippen LogP contribution in [0.5, 0.6) is 0 Å². The number of methoxy groups -OCH3 is 3. The summed E-state index contributed by atoms with van der Waals surface area (Å²) < 4.78 is 14.0. The number of primary amides is 1. The molecule has 0 aromatic carbocycles. The number of esters is 1. The molecule has 0 aromatic rings. The van der Waals surface area contributed by atoms with Crippen LogP contribution >= 0.6 is 0 Å². The Balaban J connectivity index is 0. The van der Waals surface area contributed by atoms with Crippen LogP contribution in [0.4, 0.5) is 0 Å². The molecule has 1 amide bonds. The zero-order chi connectivity index (χ0) is 14.3. The lowest BCUT2D eigenvalue weighted by molar-refractivity contribution is -0.161. The predicted molar refractivity (Wildman–Crippen MR) is 63.4 cm³/mol. The Morgan fingerprint density at radius 1 is 0.882 bits per heavy atom. The van der Waals surface area contributed by atoms with Gasteiger partial charge in [0.2, 0.25) is 5.91 Å². The molecular formula is C11H23NO5. The second-order valence-corrected chi connectivity index (χ2v) is 4.28. The lowest BCUT2D eigenvalue weighted by Gasteiger charge is -2.18. The average molecular weight is 249 g/mol. The molecule has 0 fully saturated rings. The van der Waals surface area contributed by atoms with Crippen molar-refractivity contribution in [3.05, 3.63) is 0 Å². The van der Waals surface area contributed by atoms with E-state index in [4.69, 9.17) is 15.2 Å². The molecule has 17 heavy (non-hydrogen) atoms. The van der Waals surface area contributed by atoms with Crippen LogP contribution in [0.25, 0.3) is 0 Å². The summed E-state index contributed by atoms with van der Waals surface area (Å²) in [5, 5.41) is 0. The van der Waals surface area contributed by atoms with Gasteiger partial charge in [-0.25, -0.2) is 4.79 Å². The van der Waals surface area contributed by atoms with Crippen LogP contribution in [0.1, 0.15) is 27.7 Å². The first-order valence-electron chi connectivity index (χ1n) is 5.03. The summed E-state index contributed by atoms with van der Waals surface area (Å²) in [5.41, 5.74) is 3.29. The second kappa shape index (κ2) is 7.24. The van der Waals surface area contributed by atoms with E-state index in [2.05, 4.69) is 4.74 Å². The zero-order valence-corrected chi connectivity index (χ0v) is 11.6. The van der Waals surface area contributed by atoms with Crippen molar-refractivity contribution in [2.45, 2.75) is 38.9 Å². The Labute approximate surface area is 102 Å². The number of rotatable bonds is 4. The van der Waals surface area contributed by atoms with Gasteiger partial charge < -0.3 is 19.9 Å². The molecule has 0 unspecified atom stereocenters. The molecule has 0 aliphatic rings.